The Labute approximate surface area is 130 Å². The molecule has 0 aliphatic rings. The Kier molecular flexibility index (Phi) is 9.48. The number of nitrogens with one attached hydrogen (secondary N) is 2. The number of aliphatic imine (C=N–C) groups is 1. The first-order chi connectivity index (χ1) is 8.65. The zero-order valence-electron chi connectivity index (χ0n) is 11.8. The highest BCUT2D eigenvalue weighted by atomic mass is 127. The van der Waals surface area contributed by atoms with Gasteiger partial charge in [0, 0.05) is 26.6 Å². The van der Waals surface area contributed by atoms with Crippen LogP contribution in [0, 0.1) is 6.92 Å². The van der Waals surface area contributed by atoms with Crippen molar-refractivity contribution in [3.8, 4) is 0 Å². The molecule has 0 fully saturated rings. The molecule has 0 saturated carbocycles. The normalized spacial score (nSPS) is 12.7. The predicted molar refractivity (Wildman–Crippen MR) is 83.7 cm³/mol. The van der Waals surface area contributed by atoms with Crippen LogP contribution in [0.5, 0.6) is 0 Å². The minimum Gasteiger partial charge on any atom is -0.383 e. The van der Waals surface area contributed by atoms with E-state index in [1.807, 2.05) is 13.8 Å². The molecule has 1 atom stereocenters. The van der Waals surface area contributed by atoms with Crippen LogP contribution in [0.25, 0.3) is 0 Å². The second-order valence-electron chi connectivity index (χ2n) is 3.93. The molecule has 1 aromatic heterocycles. The number of rotatable bonds is 6. The van der Waals surface area contributed by atoms with Crippen LogP contribution in [0.1, 0.15) is 25.6 Å². The van der Waals surface area contributed by atoms with Crippen molar-refractivity contribution in [3.05, 3.63) is 11.7 Å². The van der Waals surface area contributed by atoms with E-state index in [4.69, 9.17) is 9.26 Å². The van der Waals surface area contributed by atoms with Crippen LogP contribution in [0.15, 0.2) is 9.52 Å². The molecule has 1 rings (SSSR count). The molecular formula is C11H22IN5O2. The third-order valence-electron chi connectivity index (χ3n) is 2.09. The second kappa shape index (κ2) is 9.96. The maximum Gasteiger partial charge on any atom is 0.223 e. The average Bonchev–Trinajstić information content (AvgIpc) is 2.73. The largest absolute Gasteiger partial charge is 0.383 e. The summed E-state index contributed by atoms with van der Waals surface area (Å²) in [4.78, 5) is 8.47. The maximum absolute atomic E-state index is 5.06. The molecule has 8 heteroatoms. The Hall–Kier alpha value is -0.900. The van der Waals surface area contributed by atoms with E-state index in [-0.39, 0.29) is 30.0 Å². The topological polar surface area (TPSA) is 84.6 Å². The second-order valence-corrected chi connectivity index (χ2v) is 3.93. The lowest BCUT2D eigenvalue weighted by molar-refractivity contribution is 0.179. The molecule has 0 amide bonds. The Morgan fingerprint density at radius 3 is 2.79 bits per heavy atom. The minimum atomic E-state index is 0. The van der Waals surface area contributed by atoms with Gasteiger partial charge in [0.2, 0.25) is 5.89 Å². The van der Waals surface area contributed by atoms with Crippen molar-refractivity contribution in [2.75, 3.05) is 20.3 Å². The molecule has 1 unspecified atom stereocenters. The summed E-state index contributed by atoms with van der Waals surface area (Å²) in [5, 5.41) is 10.2. The zero-order valence-corrected chi connectivity index (χ0v) is 14.1. The van der Waals surface area contributed by atoms with Gasteiger partial charge in [-0.15, -0.1) is 24.0 Å². The van der Waals surface area contributed by atoms with E-state index >= 15 is 0 Å². The summed E-state index contributed by atoms with van der Waals surface area (Å²) in [6.07, 6.45) is 0. The van der Waals surface area contributed by atoms with Gasteiger partial charge in [0.15, 0.2) is 11.8 Å². The van der Waals surface area contributed by atoms with Crippen LogP contribution < -0.4 is 10.6 Å². The number of hydrogen-bond donors (Lipinski definition) is 2. The van der Waals surface area contributed by atoms with Crippen molar-refractivity contribution in [2.45, 2.75) is 33.4 Å². The molecule has 0 radical (unpaired) electrons. The SMILES string of the molecule is CCNC(=NCc1noc(C)n1)NC(C)COC.I. The van der Waals surface area contributed by atoms with E-state index in [0.29, 0.717) is 30.8 Å². The van der Waals surface area contributed by atoms with Gasteiger partial charge in [-0.2, -0.15) is 4.98 Å². The van der Waals surface area contributed by atoms with Crippen molar-refractivity contribution >= 4 is 29.9 Å². The Morgan fingerprint density at radius 1 is 1.53 bits per heavy atom. The number of hydrogen-bond acceptors (Lipinski definition) is 5. The molecule has 0 aromatic carbocycles. The standard InChI is InChI=1S/C11H21N5O2.HI/c1-5-12-11(14-8(2)7-17-4)13-6-10-15-9(3)18-16-10;/h8H,5-7H2,1-4H3,(H2,12,13,14);1H. The predicted octanol–water partition coefficient (Wildman–Crippen LogP) is 1.09. The summed E-state index contributed by atoms with van der Waals surface area (Å²) < 4.78 is 9.95. The molecule has 7 nitrogen and oxygen atoms in total. The van der Waals surface area contributed by atoms with Gasteiger partial charge in [0.1, 0.15) is 6.54 Å². The van der Waals surface area contributed by atoms with E-state index in [0.717, 1.165) is 6.54 Å². The summed E-state index contributed by atoms with van der Waals surface area (Å²) in [5.41, 5.74) is 0. The van der Waals surface area contributed by atoms with Gasteiger partial charge in [0.25, 0.3) is 0 Å². The molecule has 0 spiro atoms. The highest BCUT2D eigenvalue weighted by Crippen LogP contribution is 1.96. The molecular weight excluding hydrogens is 361 g/mol. The molecule has 0 aliphatic carbocycles. The van der Waals surface area contributed by atoms with Crippen LogP contribution in [0.3, 0.4) is 0 Å². The lowest BCUT2D eigenvalue weighted by Crippen LogP contribution is -2.43. The first-order valence-corrected chi connectivity index (χ1v) is 5.98. The maximum atomic E-state index is 5.06. The van der Waals surface area contributed by atoms with Gasteiger partial charge < -0.3 is 19.9 Å². The average molecular weight is 383 g/mol. The molecule has 110 valence electrons. The van der Waals surface area contributed by atoms with Crippen LogP contribution in [-0.2, 0) is 11.3 Å². The zero-order chi connectivity index (χ0) is 13.4. The number of halogens is 1. The Balaban J connectivity index is 0.00000324. The van der Waals surface area contributed by atoms with Gasteiger partial charge in [-0.3, -0.25) is 0 Å². The van der Waals surface area contributed by atoms with E-state index in [2.05, 4.69) is 25.8 Å². The molecule has 0 aliphatic heterocycles. The van der Waals surface area contributed by atoms with Gasteiger partial charge in [-0.05, 0) is 13.8 Å². The van der Waals surface area contributed by atoms with E-state index in [1.165, 1.54) is 0 Å². The third-order valence-corrected chi connectivity index (χ3v) is 2.09. The van der Waals surface area contributed by atoms with Crippen molar-refractivity contribution in [2.24, 2.45) is 4.99 Å². The monoisotopic (exact) mass is 383 g/mol. The highest BCUT2D eigenvalue weighted by Gasteiger charge is 2.06. The lowest BCUT2D eigenvalue weighted by atomic mass is 10.4. The molecule has 0 saturated heterocycles. The fraction of sp³-hybridized carbons (Fsp3) is 0.727. The Bertz CT molecular complexity index is 383. The molecule has 1 heterocycles. The van der Waals surface area contributed by atoms with Gasteiger partial charge in [0.05, 0.1) is 6.61 Å². The van der Waals surface area contributed by atoms with E-state index in [9.17, 15) is 0 Å². The third kappa shape index (κ3) is 7.31. The summed E-state index contributed by atoms with van der Waals surface area (Å²) in [5.74, 6) is 1.83. The summed E-state index contributed by atoms with van der Waals surface area (Å²) in [6.45, 7) is 7.57. The molecule has 2 N–H and O–H groups in total. The molecule has 19 heavy (non-hydrogen) atoms. The highest BCUT2D eigenvalue weighted by molar-refractivity contribution is 14.0. The first-order valence-electron chi connectivity index (χ1n) is 5.98. The Morgan fingerprint density at radius 2 is 2.26 bits per heavy atom. The van der Waals surface area contributed by atoms with E-state index in [1.54, 1.807) is 14.0 Å². The van der Waals surface area contributed by atoms with Crippen LogP contribution in [0.4, 0.5) is 0 Å². The smallest absolute Gasteiger partial charge is 0.223 e. The number of guanidine groups is 1. The van der Waals surface area contributed by atoms with Crippen molar-refractivity contribution < 1.29 is 9.26 Å². The number of aryl methyl sites for hydroxylation is 1. The fourth-order valence-corrected chi connectivity index (χ4v) is 1.40. The molecule has 0 bridgehead atoms. The van der Waals surface area contributed by atoms with Crippen molar-refractivity contribution in [1.82, 2.24) is 20.8 Å². The number of methoxy groups -OCH3 is 1. The van der Waals surface area contributed by atoms with Gasteiger partial charge in [-0.1, -0.05) is 5.16 Å². The first kappa shape index (κ1) is 18.1. The van der Waals surface area contributed by atoms with Gasteiger partial charge >= 0.3 is 0 Å². The number of ether oxygens (including phenoxy) is 1. The van der Waals surface area contributed by atoms with E-state index < -0.39 is 0 Å². The van der Waals surface area contributed by atoms with Crippen LogP contribution in [0.2, 0.25) is 0 Å². The van der Waals surface area contributed by atoms with Crippen LogP contribution in [-0.4, -0.2) is 42.4 Å². The summed E-state index contributed by atoms with van der Waals surface area (Å²) in [7, 11) is 1.67. The number of aromatic nitrogens is 2. The summed E-state index contributed by atoms with van der Waals surface area (Å²) >= 11 is 0. The minimum absolute atomic E-state index is 0. The number of nitrogens with zero attached hydrogens (tertiary/aromatic N) is 3. The summed E-state index contributed by atoms with van der Waals surface area (Å²) in [6, 6.07) is 0.180. The van der Waals surface area contributed by atoms with Crippen molar-refractivity contribution in [1.29, 1.82) is 0 Å². The molecule has 1 aromatic rings. The quantitative estimate of drug-likeness (QED) is 0.435. The lowest BCUT2D eigenvalue weighted by Gasteiger charge is -2.16. The van der Waals surface area contributed by atoms with Crippen molar-refractivity contribution in [3.63, 3.8) is 0 Å². The van der Waals surface area contributed by atoms with Gasteiger partial charge in [-0.25, -0.2) is 4.99 Å². The fourth-order valence-electron chi connectivity index (χ4n) is 1.40. The van der Waals surface area contributed by atoms with Crippen LogP contribution >= 0.6 is 24.0 Å².